The van der Waals surface area contributed by atoms with Crippen molar-refractivity contribution in [2.24, 2.45) is 11.8 Å². The molecule has 1 heterocycles. The quantitative estimate of drug-likeness (QED) is 0.717. The summed E-state index contributed by atoms with van der Waals surface area (Å²) in [5.41, 5.74) is 2.22. The molecule has 3 rings (SSSR count). The van der Waals surface area contributed by atoms with Gasteiger partial charge in [-0.3, -0.25) is 14.5 Å². The summed E-state index contributed by atoms with van der Waals surface area (Å²) in [6.07, 6.45) is 3.19. The van der Waals surface area contributed by atoms with Gasteiger partial charge in [-0.1, -0.05) is 45.9 Å². The summed E-state index contributed by atoms with van der Waals surface area (Å²) in [5.74, 6) is 0.0897. The van der Waals surface area contributed by atoms with E-state index in [1.807, 2.05) is 12.1 Å². The zero-order valence-electron chi connectivity index (χ0n) is 18.2. The molecule has 1 aromatic rings. The molecule has 1 saturated heterocycles. The summed E-state index contributed by atoms with van der Waals surface area (Å²) in [7, 11) is 0. The fourth-order valence-electron chi connectivity index (χ4n) is 4.31. The van der Waals surface area contributed by atoms with Crippen LogP contribution in [0, 0.1) is 11.8 Å². The average molecular weight is 400 g/mol. The van der Waals surface area contributed by atoms with Crippen molar-refractivity contribution in [3.63, 3.8) is 0 Å². The van der Waals surface area contributed by atoms with Crippen LogP contribution in [0.1, 0.15) is 57.7 Å². The van der Waals surface area contributed by atoms with Gasteiger partial charge in [0.2, 0.25) is 5.91 Å². The molecule has 0 saturated carbocycles. The standard InChI is InChI=1S/C23H33N3O3/c1-15(2)12-25(13-16(3)4)20(27)14-26-21(28)23(5,24-22(26)29)19-10-9-17-7-6-8-18(17)11-19/h9-11,15-16H,6-8,12-14H2,1-5H3,(H,24,29). The van der Waals surface area contributed by atoms with Crippen LogP contribution in [0.2, 0.25) is 0 Å². The molecule has 0 aromatic heterocycles. The van der Waals surface area contributed by atoms with E-state index >= 15 is 0 Å². The predicted molar refractivity (Wildman–Crippen MR) is 112 cm³/mol. The number of hydrogen-bond acceptors (Lipinski definition) is 3. The normalized spacial score (nSPS) is 21.1. The molecule has 1 aliphatic carbocycles. The first-order chi connectivity index (χ1) is 13.6. The van der Waals surface area contributed by atoms with Gasteiger partial charge in [-0.15, -0.1) is 0 Å². The van der Waals surface area contributed by atoms with Crippen LogP contribution < -0.4 is 5.32 Å². The van der Waals surface area contributed by atoms with Gasteiger partial charge in [0.25, 0.3) is 5.91 Å². The number of fused-ring (bicyclic) bond motifs is 1. The first-order valence-electron chi connectivity index (χ1n) is 10.7. The number of carbonyl (C=O) groups excluding carboxylic acids is 3. The van der Waals surface area contributed by atoms with Gasteiger partial charge in [0, 0.05) is 13.1 Å². The Balaban J connectivity index is 1.78. The zero-order valence-corrected chi connectivity index (χ0v) is 18.2. The molecule has 158 valence electrons. The number of benzene rings is 1. The van der Waals surface area contributed by atoms with E-state index in [2.05, 4.69) is 39.1 Å². The summed E-state index contributed by atoms with van der Waals surface area (Å²) >= 11 is 0. The highest BCUT2D eigenvalue weighted by molar-refractivity contribution is 6.09. The minimum Gasteiger partial charge on any atom is -0.341 e. The van der Waals surface area contributed by atoms with Crippen molar-refractivity contribution >= 4 is 17.8 Å². The van der Waals surface area contributed by atoms with Crippen molar-refractivity contribution in [3.05, 3.63) is 34.9 Å². The van der Waals surface area contributed by atoms with Gasteiger partial charge in [0.1, 0.15) is 12.1 Å². The topological polar surface area (TPSA) is 69.7 Å². The first-order valence-corrected chi connectivity index (χ1v) is 10.7. The predicted octanol–water partition coefficient (Wildman–Crippen LogP) is 3.08. The molecule has 1 atom stereocenters. The molecule has 6 nitrogen and oxygen atoms in total. The highest BCUT2D eigenvalue weighted by Crippen LogP contribution is 2.32. The third-order valence-electron chi connectivity index (χ3n) is 5.77. The van der Waals surface area contributed by atoms with E-state index in [-0.39, 0.29) is 18.4 Å². The molecule has 0 spiro atoms. The number of carbonyl (C=O) groups is 3. The monoisotopic (exact) mass is 399 g/mol. The largest absolute Gasteiger partial charge is 0.341 e. The molecule has 4 amide bonds. The number of imide groups is 1. The van der Waals surface area contributed by atoms with Crippen LogP contribution in [0.3, 0.4) is 0 Å². The van der Waals surface area contributed by atoms with Gasteiger partial charge in [-0.2, -0.15) is 0 Å². The highest BCUT2D eigenvalue weighted by atomic mass is 16.2. The minimum atomic E-state index is -1.13. The van der Waals surface area contributed by atoms with Crippen LogP contribution in [0.15, 0.2) is 18.2 Å². The van der Waals surface area contributed by atoms with Crippen molar-refractivity contribution in [2.45, 2.75) is 59.4 Å². The molecule has 0 bridgehead atoms. The van der Waals surface area contributed by atoms with E-state index in [4.69, 9.17) is 0 Å². The lowest BCUT2D eigenvalue weighted by atomic mass is 9.89. The SMILES string of the molecule is CC(C)CN(CC(C)C)C(=O)CN1C(=O)NC(C)(c2ccc3c(c2)CCC3)C1=O. The number of amides is 4. The fraction of sp³-hybridized carbons (Fsp3) is 0.609. The van der Waals surface area contributed by atoms with E-state index in [1.54, 1.807) is 11.8 Å². The molecule has 1 fully saturated rings. The van der Waals surface area contributed by atoms with Gasteiger partial charge in [0.15, 0.2) is 0 Å². The maximum atomic E-state index is 13.2. The van der Waals surface area contributed by atoms with E-state index in [1.165, 1.54) is 11.1 Å². The Hall–Kier alpha value is -2.37. The average Bonchev–Trinajstić information content (AvgIpc) is 3.18. The smallest absolute Gasteiger partial charge is 0.325 e. The fourth-order valence-corrected chi connectivity index (χ4v) is 4.31. The van der Waals surface area contributed by atoms with Crippen LogP contribution >= 0.6 is 0 Å². The lowest BCUT2D eigenvalue weighted by Gasteiger charge is -2.28. The zero-order chi connectivity index (χ0) is 21.3. The minimum absolute atomic E-state index is 0.186. The molecule has 29 heavy (non-hydrogen) atoms. The van der Waals surface area contributed by atoms with E-state index in [0.29, 0.717) is 24.9 Å². The Morgan fingerprint density at radius 2 is 1.72 bits per heavy atom. The summed E-state index contributed by atoms with van der Waals surface area (Å²) in [6, 6.07) is 5.52. The molecule has 1 N–H and O–H groups in total. The first kappa shape index (κ1) is 21.3. The number of nitrogens with zero attached hydrogens (tertiary/aromatic N) is 2. The summed E-state index contributed by atoms with van der Waals surface area (Å²) in [5, 5.41) is 2.83. The van der Waals surface area contributed by atoms with Crippen LogP contribution in [0.25, 0.3) is 0 Å². The Morgan fingerprint density at radius 1 is 1.10 bits per heavy atom. The summed E-state index contributed by atoms with van der Waals surface area (Å²) in [6.45, 7) is 11.0. The lowest BCUT2D eigenvalue weighted by Crippen LogP contribution is -2.46. The Kier molecular flexibility index (Phi) is 6.01. The van der Waals surface area contributed by atoms with Gasteiger partial charge >= 0.3 is 6.03 Å². The summed E-state index contributed by atoms with van der Waals surface area (Å²) in [4.78, 5) is 41.6. The number of urea groups is 1. The third-order valence-corrected chi connectivity index (χ3v) is 5.77. The number of rotatable bonds is 7. The molecular weight excluding hydrogens is 366 g/mol. The van der Waals surface area contributed by atoms with E-state index in [9.17, 15) is 14.4 Å². The highest BCUT2D eigenvalue weighted by Gasteiger charge is 2.50. The molecule has 1 unspecified atom stereocenters. The molecule has 1 aliphatic heterocycles. The van der Waals surface area contributed by atoms with Crippen LogP contribution in [-0.4, -0.2) is 47.3 Å². The van der Waals surface area contributed by atoms with Gasteiger partial charge in [0.05, 0.1) is 0 Å². The maximum absolute atomic E-state index is 13.2. The second-order valence-electron chi connectivity index (χ2n) is 9.37. The van der Waals surface area contributed by atoms with Crippen LogP contribution in [0.5, 0.6) is 0 Å². The third kappa shape index (κ3) is 4.31. The van der Waals surface area contributed by atoms with Crippen molar-refractivity contribution in [3.8, 4) is 0 Å². The van der Waals surface area contributed by atoms with Crippen molar-refractivity contribution < 1.29 is 14.4 Å². The van der Waals surface area contributed by atoms with Gasteiger partial charge < -0.3 is 10.2 Å². The summed E-state index contributed by atoms with van der Waals surface area (Å²) < 4.78 is 0. The molecular formula is C23H33N3O3. The lowest BCUT2D eigenvalue weighted by molar-refractivity contribution is -0.139. The molecule has 2 aliphatic rings. The Labute approximate surface area is 173 Å². The molecule has 6 heteroatoms. The van der Waals surface area contributed by atoms with Crippen molar-refractivity contribution in [1.29, 1.82) is 0 Å². The van der Waals surface area contributed by atoms with Crippen LogP contribution in [-0.2, 0) is 28.0 Å². The van der Waals surface area contributed by atoms with Gasteiger partial charge in [-0.05, 0) is 54.7 Å². The second kappa shape index (κ2) is 8.17. The second-order valence-corrected chi connectivity index (χ2v) is 9.37. The number of hydrogen-bond donors (Lipinski definition) is 1. The molecule has 0 radical (unpaired) electrons. The number of aryl methyl sites for hydroxylation is 2. The Bertz CT molecular complexity index is 808. The Morgan fingerprint density at radius 3 is 2.34 bits per heavy atom. The maximum Gasteiger partial charge on any atom is 0.325 e. The van der Waals surface area contributed by atoms with Crippen LogP contribution in [0.4, 0.5) is 4.79 Å². The van der Waals surface area contributed by atoms with Crippen molar-refractivity contribution in [2.75, 3.05) is 19.6 Å². The van der Waals surface area contributed by atoms with Gasteiger partial charge in [-0.25, -0.2) is 4.79 Å². The van der Waals surface area contributed by atoms with E-state index in [0.717, 1.165) is 29.7 Å². The van der Waals surface area contributed by atoms with Crippen molar-refractivity contribution in [1.82, 2.24) is 15.1 Å². The molecule has 1 aromatic carbocycles. The number of nitrogens with one attached hydrogen (secondary N) is 1. The van der Waals surface area contributed by atoms with E-state index < -0.39 is 11.6 Å².